The Morgan fingerprint density at radius 1 is 1.15 bits per heavy atom. The van der Waals surface area contributed by atoms with Crippen LogP contribution in [0.3, 0.4) is 0 Å². The smallest absolute Gasteiger partial charge is 0.315 e. The topological polar surface area (TPSA) is 80.1 Å². The number of aromatic nitrogens is 2. The Morgan fingerprint density at radius 3 is 2.70 bits per heavy atom. The van der Waals surface area contributed by atoms with E-state index in [-0.39, 0.29) is 5.91 Å². The molecule has 1 aromatic heterocycles. The first-order valence-electron chi connectivity index (χ1n) is 7.68. The van der Waals surface area contributed by atoms with Crippen LogP contribution in [0.2, 0.25) is 0 Å². The Kier molecular flexibility index (Phi) is 4.18. The molecule has 2 saturated carbocycles. The van der Waals surface area contributed by atoms with Crippen molar-refractivity contribution in [3.8, 4) is 0 Å². The van der Waals surface area contributed by atoms with Crippen LogP contribution in [-0.2, 0) is 4.79 Å². The largest absolute Gasteiger partial charge is 0.408 e. The van der Waals surface area contributed by atoms with E-state index in [2.05, 4.69) is 20.8 Å². The second kappa shape index (κ2) is 6.24. The van der Waals surface area contributed by atoms with Gasteiger partial charge in [-0.15, -0.1) is 5.10 Å². The summed E-state index contributed by atoms with van der Waals surface area (Å²) in [4.78, 5) is 11.8. The zero-order valence-corrected chi connectivity index (χ0v) is 11.7. The highest BCUT2D eigenvalue weighted by Gasteiger charge is 2.29. The number of carbonyl (C=O) groups is 1. The van der Waals surface area contributed by atoms with Gasteiger partial charge in [-0.1, -0.05) is 24.4 Å². The van der Waals surface area contributed by atoms with Gasteiger partial charge in [0.2, 0.25) is 11.8 Å². The van der Waals surface area contributed by atoms with Crippen LogP contribution in [-0.4, -0.2) is 28.7 Å². The number of carbonyl (C=O) groups excluding carboxylic acids is 1. The van der Waals surface area contributed by atoms with Crippen LogP contribution in [0.25, 0.3) is 0 Å². The van der Waals surface area contributed by atoms with Crippen LogP contribution < -0.4 is 10.6 Å². The molecule has 0 spiro atoms. The number of nitrogens with zero attached hydrogens (tertiary/aromatic N) is 2. The number of hydrogen-bond donors (Lipinski definition) is 2. The van der Waals surface area contributed by atoms with Crippen molar-refractivity contribution in [3.63, 3.8) is 0 Å². The van der Waals surface area contributed by atoms with Gasteiger partial charge in [-0.3, -0.25) is 4.79 Å². The maximum Gasteiger partial charge on any atom is 0.315 e. The Bertz CT molecular complexity index is 450. The van der Waals surface area contributed by atoms with Crippen molar-refractivity contribution in [2.24, 2.45) is 0 Å². The molecule has 0 atom stereocenters. The molecule has 6 heteroatoms. The number of hydrogen-bond acceptors (Lipinski definition) is 5. The minimum Gasteiger partial charge on any atom is -0.408 e. The highest BCUT2D eigenvalue weighted by atomic mass is 16.4. The van der Waals surface area contributed by atoms with Crippen molar-refractivity contribution in [2.45, 2.75) is 63.3 Å². The first-order valence-corrected chi connectivity index (χ1v) is 7.68. The molecule has 0 unspecified atom stereocenters. The molecule has 0 saturated heterocycles. The van der Waals surface area contributed by atoms with E-state index >= 15 is 0 Å². The van der Waals surface area contributed by atoms with Crippen LogP contribution in [0.5, 0.6) is 0 Å². The first-order chi connectivity index (χ1) is 9.81. The zero-order valence-electron chi connectivity index (χ0n) is 11.7. The molecule has 1 heterocycles. The molecule has 3 rings (SSSR count). The Hall–Kier alpha value is -1.59. The summed E-state index contributed by atoms with van der Waals surface area (Å²) in [5, 5.41) is 14.0. The van der Waals surface area contributed by atoms with E-state index in [1.807, 2.05) is 0 Å². The maximum atomic E-state index is 11.8. The van der Waals surface area contributed by atoms with Crippen LogP contribution in [0.1, 0.15) is 63.2 Å². The van der Waals surface area contributed by atoms with E-state index in [9.17, 15) is 4.79 Å². The summed E-state index contributed by atoms with van der Waals surface area (Å²) >= 11 is 0. The summed E-state index contributed by atoms with van der Waals surface area (Å²) < 4.78 is 5.47. The molecule has 0 bridgehead atoms. The van der Waals surface area contributed by atoms with Crippen molar-refractivity contribution < 1.29 is 9.21 Å². The van der Waals surface area contributed by atoms with Gasteiger partial charge in [0.25, 0.3) is 0 Å². The normalized spacial score (nSPS) is 19.8. The molecule has 0 aromatic carbocycles. The van der Waals surface area contributed by atoms with Crippen LogP contribution >= 0.6 is 0 Å². The molecule has 0 aliphatic heterocycles. The highest BCUT2D eigenvalue weighted by Crippen LogP contribution is 2.39. The lowest BCUT2D eigenvalue weighted by molar-refractivity contribution is -0.121. The van der Waals surface area contributed by atoms with E-state index in [4.69, 9.17) is 4.42 Å². The third kappa shape index (κ3) is 3.71. The second-order valence-corrected chi connectivity index (χ2v) is 5.80. The Labute approximate surface area is 118 Å². The van der Waals surface area contributed by atoms with Gasteiger partial charge in [0, 0.05) is 24.9 Å². The maximum absolute atomic E-state index is 11.8. The molecule has 20 heavy (non-hydrogen) atoms. The van der Waals surface area contributed by atoms with Crippen molar-refractivity contribution in [1.82, 2.24) is 15.5 Å². The molecular formula is C14H22N4O2. The Morgan fingerprint density at radius 2 is 1.95 bits per heavy atom. The molecule has 2 aliphatic rings. The number of anilines is 1. The van der Waals surface area contributed by atoms with Gasteiger partial charge >= 0.3 is 6.01 Å². The second-order valence-electron chi connectivity index (χ2n) is 5.80. The average molecular weight is 278 g/mol. The fourth-order valence-corrected chi connectivity index (χ4v) is 2.63. The van der Waals surface area contributed by atoms with E-state index in [0.29, 0.717) is 30.9 Å². The molecule has 2 aliphatic carbocycles. The lowest BCUT2D eigenvalue weighted by atomic mass is 9.95. The summed E-state index contributed by atoms with van der Waals surface area (Å²) in [6.07, 6.45) is 8.73. The van der Waals surface area contributed by atoms with Gasteiger partial charge in [0.1, 0.15) is 0 Å². The summed E-state index contributed by atoms with van der Waals surface area (Å²) in [6, 6.07) is 0.804. The summed E-state index contributed by atoms with van der Waals surface area (Å²) in [5.41, 5.74) is 0. The van der Waals surface area contributed by atoms with Crippen LogP contribution in [0, 0.1) is 0 Å². The molecule has 1 amide bonds. The molecule has 2 N–H and O–H groups in total. The van der Waals surface area contributed by atoms with E-state index in [0.717, 1.165) is 31.6 Å². The minimum absolute atomic E-state index is 0.103. The van der Waals surface area contributed by atoms with E-state index in [1.165, 1.54) is 19.3 Å². The zero-order chi connectivity index (χ0) is 13.8. The minimum atomic E-state index is 0.103. The predicted octanol–water partition coefficient (Wildman–Crippen LogP) is 2.20. The third-order valence-corrected chi connectivity index (χ3v) is 3.97. The quantitative estimate of drug-likeness (QED) is 0.834. The summed E-state index contributed by atoms with van der Waals surface area (Å²) in [7, 11) is 0. The predicted molar refractivity (Wildman–Crippen MR) is 74.4 cm³/mol. The summed E-state index contributed by atoms with van der Waals surface area (Å²) in [6.45, 7) is 0.533. The SMILES string of the molecule is O=C(CCNc1nnc(C2CC2)o1)NC1CCCCC1. The number of rotatable bonds is 6. The molecular weight excluding hydrogens is 256 g/mol. The fraction of sp³-hybridized carbons (Fsp3) is 0.786. The van der Waals surface area contributed by atoms with E-state index < -0.39 is 0 Å². The molecule has 6 nitrogen and oxygen atoms in total. The number of amides is 1. The van der Waals surface area contributed by atoms with Crippen molar-refractivity contribution in [1.29, 1.82) is 0 Å². The van der Waals surface area contributed by atoms with Crippen molar-refractivity contribution >= 4 is 11.9 Å². The summed E-state index contributed by atoms with van der Waals surface area (Å²) in [5.74, 6) is 1.29. The van der Waals surface area contributed by atoms with E-state index in [1.54, 1.807) is 0 Å². The standard InChI is InChI=1S/C14H22N4O2/c19-12(16-11-4-2-1-3-5-11)8-9-15-14-18-17-13(20-14)10-6-7-10/h10-11H,1-9H2,(H,15,18)(H,16,19). The molecule has 0 radical (unpaired) electrons. The monoisotopic (exact) mass is 278 g/mol. The van der Waals surface area contributed by atoms with Gasteiger partial charge in [0.15, 0.2) is 0 Å². The first kappa shape index (κ1) is 13.4. The van der Waals surface area contributed by atoms with Crippen molar-refractivity contribution in [2.75, 3.05) is 11.9 Å². The third-order valence-electron chi connectivity index (χ3n) is 3.97. The molecule has 110 valence electrons. The van der Waals surface area contributed by atoms with Gasteiger partial charge in [-0.2, -0.15) is 0 Å². The molecule has 2 fully saturated rings. The van der Waals surface area contributed by atoms with Crippen LogP contribution in [0.15, 0.2) is 4.42 Å². The van der Waals surface area contributed by atoms with Gasteiger partial charge in [-0.25, -0.2) is 0 Å². The van der Waals surface area contributed by atoms with Gasteiger partial charge in [-0.05, 0) is 25.7 Å². The highest BCUT2D eigenvalue weighted by molar-refractivity contribution is 5.76. The average Bonchev–Trinajstić information content (AvgIpc) is 3.20. The van der Waals surface area contributed by atoms with Crippen LogP contribution in [0.4, 0.5) is 6.01 Å². The fourth-order valence-electron chi connectivity index (χ4n) is 2.63. The van der Waals surface area contributed by atoms with Crippen molar-refractivity contribution in [3.05, 3.63) is 5.89 Å². The molecule has 1 aromatic rings. The number of nitrogens with one attached hydrogen (secondary N) is 2. The van der Waals surface area contributed by atoms with Gasteiger partial charge in [0.05, 0.1) is 0 Å². The lowest BCUT2D eigenvalue weighted by Gasteiger charge is -2.22. The van der Waals surface area contributed by atoms with Gasteiger partial charge < -0.3 is 15.1 Å². The Balaban J connectivity index is 1.34. The lowest BCUT2D eigenvalue weighted by Crippen LogP contribution is -2.36.